The summed E-state index contributed by atoms with van der Waals surface area (Å²) in [5.74, 6) is -0.683. The molecule has 0 N–H and O–H groups in total. The van der Waals surface area contributed by atoms with Crippen molar-refractivity contribution in [2.24, 2.45) is 0 Å². The molecule has 1 amide bonds. The first-order valence-corrected chi connectivity index (χ1v) is 7.09. The van der Waals surface area contributed by atoms with Gasteiger partial charge in [-0.1, -0.05) is 16.0 Å². The van der Waals surface area contributed by atoms with Crippen molar-refractivity contribution in [3.63, 3.8) is 0 Å². The average molecular weight is 300 g/mol. The van der Waals surface area contributed by atoms with Gasteiger partial charge in [-0.3, -0.25) is 9.78 Å². The second-order valence-corrected chi connectivity index (χ2v) is 5.81. The van der Waals surface area contributed by atoms with Gasteiger partial charge in [-0.05, 0) is 19.9 Å². The summed E-state index contributed by atoms with van der Waals surface area (Å²) in [7, 11) is -5.14. The fraction of sp³-hybridized carbons (Fsp3) is 0.333. The number of carbonyl (C=O) groups excluding carboxylic acids is 1. The highest BCUT2D eigenvalue weighted by atomic mass is 32.3. The summed E-state index contributed by atoms with van der Waals surface area (Å²) in [6.45, 7) is 4.18. The molecule has 1 aliphatic rings. The molecule has 1 aromatic rings. The zero-order valence-corrected chi connectivity index (χ0v) is 11.7. The van der Waals surface area contributed by atoms with Gasteiger partial charge in [-0.2, -0.15) is 8.42 Å². The lowest BCUT2D eigenvalue weighted by Crippen LogP contribution is -2.43. The molecule has 2 heterocycles. The van der Waals surface area contributed by atoms with Crippen molar-refractivity contribution in [2.75, 3.05) is 6.54 Å². The molecule has 2 rings (SSSR count). The summed E-state index contributed by atoms with van der Waals surface area (Å²) in [6.07, 6.45) is 6.04. The number of carbonyl (C=O) groups is 1. The molecule has 0 saturated heterocycles. The Kier molecular flexibility index (Phi) is 3.51. The normalized spacial score (nSPS) is 17.2. The van der Waals surface area contributed by atoms with Crippen LogP contribution in [0.3, 0.4) is 0 Å². The Labute approximate surface area is 116 Å². The van der Waals surface area contributed by atoms with Crippen LogP contribution in [0.25, 0.3) is 0 Å². The van der Waals surface area contributed by atoms with Crippen LogP contribution in [0.4, 0.5) is 3.89 Å². The first-order valence-electron chi connectivity index (χ1n) is 5.78. The molecule has 0 saturated carbocycles. The number of amides is 1. The van der Waals surface area contributed by atoms with Crippen LogP contribution in [0.2, 0.25) is 0 Å². The Morgan fingerprint density at radius 2 is 2.15 bits per heavy atom. The molecule has 0 atom stereocenters. The van der Waals surface area contributed by atoms with E-state index in [2.05, 4.69) is 9.17 Å². The SMILES string of the molecule is CC1(C)C=CCN1C(=O)c1cncc(OS(=O)(=O)F)c1. The van der Waals surface area contributed by atoms with Gasteiger partial charge in [0.25, 0.3) is 5.91 Å². The van der Waals surface area contributed by atoms with E-state index in [1.807, 2.05) is 26.0 Å². The predicted octanol–water partition coefficient (Wildman–Crippen LogP) is 1.47. The van der Waals surface area contributed by atoms with Crippen LogP contribution in [0.5, 0.6) is 5.75 Å². The predicted molar refractivity (Wildman–Crippen MR) is 69.1 cm³/mol. The maximum absolute atomic E-state index is 12.4. The van der Waals surface area contributed by atoms with E-state index < -0.39 is 16.0 Å². The quantitative estimate of drug-likeness (QED) is 0.624. The lowest BCUT2D eigenvalue weighted by molar-refractivity contribution is 0.0680. The number of hydrogen-bond acceptors (Lipinski definition) is 5. The minimum absolute atomic E-state index is 0.128. The van der Waals surface area contributed by atoms with E-state index in [1.54, 1.807) is 4.90 Å². The molecule has 0 radical (unpaired) electrons. The van der Waals surface area contributed by atoms with Gasteiger partial charge < -0.3 is 9.08 Å². The first kappa shape index (κ1) is 14.4. The standard InChI is InChI=1S/C12H13FN2O4S/c1-12(2)4-3-5-15(12)11(16)9-6-10(8-14-7-9)19-20(13,17)18/h3-4,6-8H,5H2,1-2H3. The summed E-state index contributed by atoms with van der Waals surface area (Å²) < 4.78 is 37.4. The number of halogens is 1. The van der Waals surface area contributed by atoms with Crippen molar-refractivity contribution in [2.45, 2.75) is 19.4 Å². The van der Waals surface area contributed by atoms with Crippen molar-refractivity contribution in [3.05, 3.63) is 36.2 Å². The Morgan fingerprint density at radius 1 is 1.45 bits per heavy atom. The van der Waals surface area contributed by atoms with Crippen molar-refractivity contribution in [3.8, 4) is 5.75 Å². The second-order valence-electron chi connectivity index (χ2n) is 4.86. The Balaban J connectivity index is 2.26. The fourth-order valence-corrected chi connectivity index (χ4v) is 2.29. The second kappa shape index (κ2) is 4.86. The topological polar surface area (TPSA) is 76.6 Å². The lowest BCUT2D eigenvalue weighted by atomic mass is 10.1. The zero-order chi connectivity index (χ0) is 15.0. The van der Waals surface area contributed by atoms with Gasteiger partial charge in [-0.15, -0.1) is 0 Å². The van der Waals surface area contributed by atoms with Crippen LogP contribution in [0, 0.1) is 0 Å². The van der Waals surface area contributed by atoms with E-state index in [0.29, 0.717) is 6.54 Å². The summed E-state index contributed by atoms with van der Waals surface area (Å²) in [4.78, 5) is 17.6. The Hall–Kier alpha value is -1.96. The van der Waals surface area contributed by atoms with Crippen LogP contribution in [-0.4, -0.2) is 36.3 Å². The highest BCUT2D eigenvalue weighted by Crippen LogP contribution is 2.25. The third kappa shape index (κ3) is 3.13. The average Bonchev–Trinajstić information content (AvgIpc) is 2.66. The first-order chi connectivity index (χ1) is 9.19. The van der Waals surface area contributed by atoms with Crippen molar-refractivity contribution in [1.29, 1.82) is 0 Å². The molecule has 0 aromatic carbocycles. The summed E-state index contributed by atoms with van der Waals surface area (Å²) in [5.41, 5.74) is -0.317. The van der Waals surface area contributed by atoms with E-state index in [-0.39, 0.29) is 17.2 Å². The van der Waals surface area contributed by atoms with Crippen LogP contribution < -0.4 is 4.18 Å². The Morgan fingerprint density at radius 3 is 2.70 bits per heavy atom. The summed E-state index contributed by atoms with van der Waals surface area (Å²) >= 11 is 0. The molecule has 8 heteroatoms. The Bertz CT molecular complexity index is 670. The minimum atomic E-state index is -5.14. The molecule has 1 aromatic heterocycles. The molecule has 0 bridgehead atoms. The van der Waals surface area contributed by atoms with Gasteiger partial charge in [0, 0.05) is 12.7 Å². The molecular weight excluding hydrogens is 287 g/mol. The number of aromatic nitrogens is 1. The van der Waals surface area contributed by atoms with Gasteiger partial charge in [-0.25, -0.2) is 0 Å². The monoisotopic (exact) mass is 300 g/mol. The zero-order valence-electron chi connectivity index (χ0n) is 10.9. The highest BCUT2D eigenvalue weighted by Gasteiger charge is 2.32. The van der Waals surface area contributed by atoms with E-state index in [9.17, 15) is 17.1 Å². The number of hydrogen-bond donors (Lipinski definition) is 0. The van der Waals surface area contributed by atoms with Gasteiger partial charge in [0.2, 0.25) is 0 Å². The largest absolute Gasteiger partial charge is 0.488 e. The van der Waals surface area contributed by atoms with E-state index in [1.165, 1.54) is 6.20 Å². The molecule has 0 spiro atoms. The molecule has 6 nitrogen and oxygen atoms in total. The maximum Gasteiger partial charge on any atom is 0.488 e. The molecule has 0 unspecified atom stereocenters. The van der Waals surface area contributed by atoms with Crippen LogP contribution in [-0.2, 0) is 10.5 Å². The van der Waals surface area contributed by atoms with Crippen molar-refractivity contribution >= 4 is 16.4 Å². The van der Waals surface area contributed by atoms with Gasteiger partial charge in [0.1, 0.15) is 0 Å². The van der Waals surface area contributed by atoms with Gasteiger partial charge in [0.05, 0.1) is 17.3 Å². The lowest BCUT2D eigenvalue weighted by Gasteiger charge is -2.31. The number of rotatable bonds is 3. The van der Waals surface area contributed by atoms with Crippen molar-refractivity contribution < 1.29 is 21.3 Å². The third-order valence-electron chi connectivity index (χ3n) is 2.91. The van der Waals surface area contributed by atoms with Gasteiger partial charge >= 0.3 is 10.5 Å². The van der Waals surface area contributed by atoms with E-state index in [4.69, 9.17) is 0 Å². The smallest absolute Gasteiger partial charge is 0.357 e. The third-order valence-corrected chi connectivity index (χ3v) is 3.30. The molecule has 20 heavy (non-hydrogen) atoms. The molecule has 0 aliphatic carbocycles. The molecular formula is C12H13FN2O4S. The summed E-state index contributed by atoms with van der Waals surface area (Å²) in [5, 5.41) is 0. The minimum Gasteiger partial charge on any atom is -0.357 e. The highest BCUT2D eigenvalue weighted by molar-refractivity contribution is 7.81. The summed E-state index contributed by atoms with van der Waals surface area (Å²) in [6, 6.07) is 1.14. The fourth-order valence-electron chi connectivity index (χ4n) is 1.97. The van der Waals surface area contributed by atoms with Crippen LogP contribution in [0.1, 0.15) is 24.2 Å². The molecule has 108 valence electrons. The number of nitrogens with zero attached hydrogens (tertiary/aromatic N) is 2. The van der Waals surface area contributed by atoms with Gasteiger partial charge in [0.15, 0.2) is 5.75 Å². The van der Waals surface area contributed by atoms with Crippen LogP contribution in [0.15, 0.2) is 30.6 Å². The van der Waals surface area contributed by atoms with E-state index >= 15 is 0 Å². The molecule has 0 fully saturated rings. The maximum atomic E-state index is 12.4. The molecule has 1 aliphatic heterocycles. The van der Waals surface area contributed by atoms with Crippen molar-refractivity contribution in [1.82, 2.24) is 9.88 Å². The number of pyridine rings is 1. The van der Waals surface area contributed by atoms with Crippen LogP contribution >= 0.6 is 0 Å². The van der Waals surface area contributed by atoms with E-state index in [0.717, 1.165) is 12.3 Å².